The second-order valence-electron chi connectivity index (χ2n) is 6.29. The van der Waals surface area contributed by atoms with E-state index in [1.54, 1.807) is 4.90 Å². The third-order valence-electron chi connectivity index (χ3n) is 4.60. The first-order valence-corrected chi connectivity index (χ1v) is 8.45. The van der Waals surface area contributed by atoms with Gasteiger partial charge in [0.2, 0.25) is 0 Å². The first-order valence-electron chi connectivity index (χ1n) is 8.45. The smallest absolute Gasteiger partial charge is 0.410 e. The molecule has 1 fully saturated rings. The first kappa shape index (κ1) is 19.3. The fourth-order valence-corrected chi connectivity index (χ4v) is 3.04. The lowest BCUT2D eigenvalue weighted by molar-refractivity contribution is 0.127. The molecule has 2 aromatic rings. The first-order chi connectivity index (χ1) is 11.6. The van der Waals surface area contributed by atoms with Gasteiger partial charge in [0.05, 0.1) is 12.6 Å². The third-order valence-corrected chi connectivity index (χ3v) is 4.60. The Balaban J connectivity index is 0.00000225. The quantitative estimate of drug-likeness (QED) is 0.833. The van der Waals surface area contributed by atoms with Gasteiger partial charge < -0.3 is 10.1 Å². The highest BCUT2D eigenvalue weighted by molar-refractivity contribution is 5.85. The Hall–Kier alpha value is -2.04. The summed E-state index contributed by atoms with van der Waals surface area (Å²) in [6.07, 6.45) is -0.347. The van der Waals surface area contributed by atoms with Crippen molar-refractivity contribution in [1.82, 2.24) is 10.2 Å². The molecule has 2 aromatic carbocycles. The van der Waals surface area contributed by atoms with Crippen LogP contribution in [0.4, 0.5) is 4.79 Å². The molecule has 0 aromatic heterocycles. The highest BCUT2D eigenvalue weighted by atomic mass is 35.5. The summed E-state index contributed by atoms with van der Waals surface area (Å²) in [5, 5.41) is 3.46. The van der Waals surface area contributed by atoms with Crippen LogP contribution in [0, 0.1) is 0 Å². The average molecular weight is 361 g/mol. The molecule has 3 unspecified atom stereocenters. The summed E-state index contributed by atoms with van der Waals surface area (Å²) in [7, 11) is 0. The fraction of sp³-hybridized carbons (Fsp3) is 0.350. The summed E-state index contributed by atoms with van der Waals surface area (Å²) in [5.41, 5.74) is 2.36. The third kappa shape index (κ3) is 4.74. The van der Waals surface area contributed by atoms with Crippen LogP contribution >= 0.6 is 12.4 Å². The van der Waals surface area contributed by atoms with Crippen LogP contribution in [0.25, 0.3) is 0 Å². The molecular weight excluding hydrogens is 336 g/mol. The molecule has 1 amide bonds. The number of benzene rings is 2. The van der Waals surface area contributed by atoms with Crippen molar-refractivity contribution in [3.05, 3.63) is 71.8 Å². The van der Waals surface area contributed by atoms with Gasteiger partial charge in [-0.1, -0.05) is 60.7 Å². The SMILES string of the molecule is CC(NCC1CN(C(C)c2ccccc2)C(=O)O1)c1ccccc1.Cl. The van der Waals surface area contributed by atoms with E-state index in [1.807, 2.05) is 55.5 Å². The molecule has 0 radical (unpaired) electrons. The maximum atomic E-state index is 12.2. The second-order valence-corrected chi connectivity index (χ2v) is 6.29. The summed E-state index contributed by atoms with van der Waals surface area (Å²) in [4.78, 5) is 14.0. The van der Waals surface area contributed by atoms with E-state index in [9.17, 15) is 4.79 Å². The van der Waals surface area contributed by atoms with Gasteiger partial charge in [-0.05, 0) is 25.0 Å². The van der Waals surface area contributed by atoms with Crippen LogP contribution in [0.15, 0.2) is 60.7 Å². The lowest BCUT2D eigenvalue weighted by Gasteiger charge is -2.22. The van der Waals surface area contributed by atoms with E-state index in [1.165, 1.54) is 5.56 Å². The number of hydrogen-bond acceptors (Lipinski definition) is 3. The number of hydrogen-bond donors (Lipinski definition) is 1. The lowest BCUT2D eigenvalue weighted by atomic mass is 10.1. The van der Waals surface area contributed by atoms with Crippen LogP contribution in [0.2, 0.25) is 0 Å². The molecule has 25 heavy (non-hydrogen) atoms. The van der Waals surface area contributed by atoms with Gasteiger partial charge in [-0.2, -0.15) is 0 Å². The molecule has 1 saturated heterocycles. The van der Waals surface area contributed by atoms with Crippen LogP contribution in [0.5, 0.6) is 0 Å². The molecule has 0 spiro atoms. The van der Waals surface area contributed by atoms with Crippen molar-refractivity contribution in [3.8, 4) is 0 Å². The summed E-state index contributed by atoms with van der Waals surface area (Å²) < 4.78 is 5.53. The van der Waals surface area contributed by atoms with Crippen LogP contribution in [0.3, 0.4) is 0 Å². The van der Waals surface area contributed by atoms with E-state index in [4.69, 9.17) is 4.74 Å². The van der Waals surface area contributed by atoms with Gasteiger partial charge in [0.1, 0.15) is 6.10 Å². The van der Waals surface area contributed by atoms with Crippen molar-refractivity contribution >= 4 is 18.5 Å². The van der Waals surface area contributed by atoms with E-state index in [0.717, 1.165) is 5.56 Å². The molecular formula is C20H25ClN2O2. The van der Waals surface area contributed by atoms with Crippen molar-refractivity contribution in [2.45, 2.75) is 32.0 Å². The average Bonchev–Trinajstić information content (AvgIpc) is 3.01. The largest absolute Gasteiger partial charge is 0.443 e. The number of carbonyl (C=O) groups is 1. The van der Waals surface area contributed by atoms with Gasteiger partial charge in [0.25, 0.3) is 0 Å². The molecule has 5 heteroatoms. The van der Waals surface area contributed by atoms with Gasteiger partial charge in [0, 0.05) is 12.6 Å². The predicted octanol–water partition coefficient (Wildman–Crippen LogP) is 4.34. The Bertz CT molecular complexity index is 666. The fourth-order valence-electron chi connectivity index (χ4n) is 3.04. The molecule has 0 bridgehead atoms. The number of rotatable bonds is 6. The molecule has 3 atom stereocenters. The van der Waals surface area contributed by atoms with Gasteiger partial charge >= 0.3 is 6.09 Å². The minimum Gasteiger partial charge on any atom is -0.443 e. The van der Waals surface area contributed by atoms with Crippen molar-refractivity contribution in [2.24, 2.45) is 0 Å². The minimum atomic E-state index is -0.231. The zero-order valence-electron chi connectivity index (χ0n) is 14.6. The van der Waals surface area contributed by atoms with E-state index < -0.39 is 0 Å². The van der Waals surface area contributed by atoms with E-state index in [-0.39, 0.29) is 36.7 Å². The van der Waals surface area contributed by atoms with Crippen molar-refractivity contribution in [1.29, 1.82) is 0 Å². The highest BCUT2D eigenvalue weighted by Crippen LogP contribution is 2.25. The number of nitrogens with one attached hydrogen (secondary N) is 1. The van der Waals surface area contributed by atoms with Gasteiger partial charge in [-0.3, -0.25) is 4.90 Å². The Labute approximate surface area is 155 Å². The number of cyclic esters (lactones) is 1. The van der Waals surface area contributed by atoms with E-state index in [0.29, 0.717) is 13.1 Å². The zero-order chi connectivity index (χ0) is 16.9. The minimum absolute atomic E-state index is 0. The van der Waals surface area contributed by atoms with E-state index >= 15 is 0 Å². The van der Waals surface area contributed by atoms with Crippen LogP contribution in [-0.4, -0.2) is 30.2 Å². The summed E-state index contributed by atoms with van der Waals surface area (Å²) in [6.45, 7) is 5.43. The molecule has 0 aliphatic carbocycles. The lowest BCUT2D eigenvalue weighted by Crippen LogP contribution is -2.33. The second kappa shape index (κ2) is 8.88. The summed E-state index contributed by atoms with van der Waals surface area (Å²) in [6, 6.07) is 20.6. The monoisotopic (exact) mass is 360 g/mol. The Morgan fingerprint density at radius 1 is 1.04 bits per heavy atom. The van der Waals surface area contributed by atoms with Gasteiger partial charge in [-0.15, -0.1) is 12.4 Å². The Morgan fingerprint density at radius 2 is 1.60 bits per heavy atom. The highest BCUT2D eigenvalue weighted by Gasteiger charge is 2.34. The molecule has 134 valence electrons. The zero-order valence-corrected chi connectivity index (χ0v) is 15.4. The summed E-state index contributed by atoms with van der Waals surface area (Å²) >= 11 is 0. The van der Waals surface area contributed by atoms with Gasteiger partial charge in [-0.25, -0.2) is 4.79 Å². The van der Waals surface area contributed by atoms with Crippen LogP contribution in [-0.2, 0) is 4.74 Å². The Morgan fingerprint density at radius 3 is 2.20 bits per heavy atom. The number of halogens is 1. The molecule has 1 aliphatic rings. The van der Waals surface area contributed by atoms with E-state index in [2.05, 4.69) is 24.4 Å². The van der Waals surface area contributed by atoms with Crippen LogP contribution < -0.4 is 5.32 Å². The van der Waals surface area contributed by atoms with Crippen molar-refractivity contribution < 1.29 is 9.53 Å². The summed E-state index contributed by atoms with van der Waals surface area (Å²) in [5.74, 6) is 0. The molecule has 3 rings (SSSR count). The molecule has 0 saturated carbocycles. The molecule has 4 nitrogen and oxygen atoms in total. The van der Waals surface area contributed by atoms with Crippen molar-refractivity contribution in [2.75, 3.05) is 13.1 Å². The number of ether oxygens (including phenoxy) is 1. The standard InChI is InChI=1S/C20H24N2O2.ClH/c1-15(17-9-5-3-6-10-17)21-13-19-14-22(20(23)24-19)16(2)18-11-7-4-8-12-18;/h3-12,15-16,19,21H,13-14H2,1-2H3;1H. The number of amides is 1. The predicted molar refractivity (Wildman–Crippen MR) is 102 cm³/mol. The normalized spacial score (nSPS) is 19.0. The van der Waals surface area contributed by atoms with Crippen LogP contribution in [0.1, 0.15) is 37.1 Å². The number of nitrogens with zero attached hydrogens (tertiary/aromatic N) is 1. The molecule has 1 heterocycles. The number of carbonyl (C=O) groups excluding carboxylic acids is 1. The maximum absolute atomic E-state index is 12.2. The molecule has 1 aliphatic heterocycles. The Kier molecular flexibility index (Phi) is 6.85. The topological polar surface area (TPSA) is 41.6 Å². The molecule has 1 N–H and O–H groups in total. The van der Waals surface area contributed by atoms with Crippen molar-refractivity contribution in [3.63, 3.8) is 0 Å². The van der Waals surface area contributed by atoms with Gasteiger partial charge in [0.15, 0.2) is 0 Å². The maximum Gasteiger partial charge on any atom is 0.410 e.